The topological polar surface area (TPSA) is 143 Å². The van der Waals surface area contributed by atoms with Gasteiger partial charge in [-0.1, -0.05) is 5.60 Å². The third-order valence-electron chi connectivity index (χ3n) is 1.23. The number of aliphatic carboxylic acids is 3. The summed E-state index contributed by atoms with van der Waals surface area (Å²) < 4.78 is 0. The molecule has 83 valence electrons. The molecule has 0 atom stereocenters. The second kappa shape index (κ2) is 7.76. The summed E-state index contributed by atoms with van der Waals surface area (Å²) in [6.45, 7) is 0. The van der Waals surface area contributed by atoms with Crippen LogP contribution in [0.15, 0.2) is 0 Å². The molecule has 0 amide bonds. The number of carboxylic acid groups (broad SMARTS) is 3. The molecule has 0 spiro atoms. The van der Waals surface area contributed by atoms with E-state index in [0.717, 1.165) is 0 Å². The molecule has 9 heteroatoms. The molecule has 0 N–H and O–H groups in total. The van der Waals surface area contributed by atoms with Crippen LogP contribution in [0.5, 0.6) is 0 Å². The molecule has 7 nitrogen and oxygen atoms in total. The van der Waals surface area contributed by atoms with E-state index >= 15 is 0 Å². The van der Waals surface area contributed by atoms with Gasteiger partial charge < -0.3 is 34.8 Å². The van der Waals surface area contributed by atoms with Gasteiger partial charge in [-0.15, -0.1) is 0 Å². The Morgan fingerprint density at radius 2 is 1.20 bits per heavy atom. The summed E-state index contributed by atoms with van der Waals surface area (Å²) in [4.78, 5) is 29.9. The molecule has 0 aliphatic rings. The van der Waals surface area contributed by atoms with Crippen molar-refractivity contribution in [2.45, 2.75) is 18.4 Å². The number of rotatable bonds is 5. The van der Waals surface area contributed by atoms with E-state index in [9.17, 15) is 34.8 Å². The molecule has 0 aromatic rings. The monoisotopic (exact) mass is 315 g/mol. The molecule has 0 heterocycles. The molecule has 0 bridgehead atoms. The zero-order valence-corrected chi connectivity index (χ0v) is 11.2. The first kappa shape index (κ1) is 20.0. The van der Waals surface area contributed by atoms with Crippen molar-refractivity contribution in [2.24, 2.45) is 0 Å². The van der Waals surface area contributed by atoms with Crippen LogP contribution in [0.1, 0.15) is 12.8 Å². The molecule has 0 rings (SSSR count). The van der Waals surface area contributed by atoms with Gasteiger partial charge in [-0.25, -0.2) is 0 Å². The molecule has 0 aliphatic carbocycles. The van der Waals surface area contributed by atoms with Crippen molar-refractivity contribution in [3.8, 4) is 0 Å². The Balaban J connectivity index is -0.000000720. The first-order valence-electron chi connectivity index (χ1n) is 3.09. The van der Waals surface area contributed by atoms with Crippen LogP contribution in [0.2, 0.25) is 0 Å². The number of carboxylic acids is 3. The fourth-order valence-electron chi connectivity index (χ4n) is 0.673. The van der Waals surface area contributed by atoms with Gasteiger partial charge in [-0.05, 0) is 12.8 Å². The molecule has 15 heavy (non-hydrogen) atoms. The molecule has 0 aromatic carbocycles. The van der Waals surface area contributed by atoms with E-state index in [4.69, 9.17) is 0 Å². The third kappa shape index (κ3) is 7.44. The second-order valence-corrected chi connectivity index (χ2v) is 2.38. The van der Waals surface area contributed by atoms with Gasteiger partial charge in [-0.3, -0.25) is 0 Å². The third-order valence-corrected chi connectivity index (χ3v) is 1.23. The normalized spacial score (nSPS) is 9.40. The van der Waals surface area contributed by atoms with Gasteiger partial charge in [0, 0.05) is 17.9 Å². The average molecular weight is 317 g/mol. The predicted octanol–water partition coefficient (Wildman–Crippen LogP) is -5.89. The van der Waals surface area contributed by atoms with Crippen molar-refractivity contribution in [2.75, 3.05) is 0 Å². The van der Waals surface area contributed by atoms with Gasteiger partial charge in [0.25, 0.3) is 0 Å². The molecule has 0 aliphatic heterocycles. The molecule has 0 saturated carbocycles. The number of hydrogen-bond donors (Lipinski definition) is 0. The Labute approximate surface area is 108 Å². The molecule has 0 fully saturated rings. The predicted molar refractivity (Wildman–Crippen MR) is 27.0 cm³/mol. The zero-order chi connectivity index (χ0) is 10.6. The Kier molecular flexibility index (Phi) is 10.3. The summed E-state index contributed by atoms with van der Waals surface area (Å²) in [5, 5.41) is 40.8. The smallest absolute Gasteiger partial charge is 0.845 e. The summed E-state index contributed by atoms with van der Waals surface area (Å²) >= 11 is 0. The summed E-state index contributed by atoms with van der Waals surface area (Å²) in [5.41, 5.74) is -3.22. The molecule has 0 unspecified atom stereocenters. The van der Waals surface area contributed by atoms with Gasteiger partial charge >= 0.3 is 36.5 Å². The van der Waals surface area contributed by atoms with E-state index in [1.54, 1.807) is 0 Å². The molecule has 1 radical (unpaired) electrons. The van der Waals surface area contributed by atoms with Crippen LogP contribution in [0.25, 0.3) is 0 Å². The first-order valence-corrected chi connectivity index (χ1v) is 3.09. The minimum atomic E-state index is -3.22. The van der Waals surface area contributed by atoms with E-state index in [2.05, 4.69) is 0 Å². The Morgan fingerprint density at radius 3 is 1.33 bits per heavy atom. The fraction of sp³-hybridized carbons (Fsp3) is 0.500. The van der Waals surface area contributed by atoms with Crippen LogP contribution < -0.4 is 20.4 Å². The molecular formula is C6H4CuO7Zn. The van der Waals surface area contributed by atoms with Crippen LogP contribution in [0.4, 0.5) is 0 Å². The van der Waals surface area contributed by atoms with Gasteiger partial charge in [0.05, 0.1) is 0 Å². The van der Waals surface area contributed by atoms with Crippen LogP contribution >= 0.6 is 0 Å². The molecular weight excluding hydrogens is 313 g/mol. The quantitative estimate of drug-likeness (QED) is 0.459. The summed E-state index contributed by atoms with van der Waals surface area (Å²) in [6.07, 6.45) is -2.94. The maximum absolute atomic E-state index is 10.9. The van der Waals surface area contributed by atoms with E-state index in [1.165, 1.54) is 0 Å². The largest absolute Gasteiger partial charge is 2.00 e. The molecule has 0 saturated heterocycles. The van der Waals surface area contributed by atoms with Crippen molar-refractivity contribution in [1.29, 1.82) is 0 Å². The average Bonchev–Trinajstić information content (AvgIpc) is 1.82. The molecule has 0 aromatic heterocycles. The van der Waals surface area contributed by atoms with Gasteiger partial charge in [0.15, 0.2) is 0 Å². The van der Waals surface area contributed by atoms with Gasteiger partial charge in [0.1, 0.15) is 0 Å². The van der Waals surface area contributed by atoms with Crippen molar-refractivity contribution in [3.05, 3.63) is 0 Å². The number of carbonyl (C=O) groups excluding carboxylic acids is 3. The number of carbonyl (C=O) groups is 3. The van der Waals surface area contributed by atoms with E-state index < -0.39 is 36.4 Å². The van der Waals surface area contributed by atoms with Crippen LogP contribution in [-0.2, 0) is 50.9 Å². The van der Waals surface area contributed by atoms with Crippen molar-refractivity contribution in [3.63, 3.8) is 0 Å². The summed E-state index contributed by atoms with van der Waals surface area (Å²) in [7, 11) is 0. The fourth-order valence-corrected chi connectivity index (χ4v) is 0.673. The zero-order valence-electron chi connectivity index (χ0n) is 7.28. The summed E-state index contributed by atoms with van der Waals surface area (Å²) in [5.74, 6) is -6.22. The number of hydrogen-bond acceptors (Lipinski definition) is 7. The van der Waals surface area contributed by atoms with Gasteiger partial charge in [-0.2, -0.15) is 0 Å². The van der Waals surface area contributed by atoms with E-state index in [0.29, 0.717) is 0 Å². The summed E-state index contributed by atoms with van der Waals surface area (Å²) in [6, 6.07) is 0. The van der Waals surface area contributed by atoms with Crippen LogP contribution in [0, 0.1) is 0 Å². The SMILES string of the molecule is O=C([O-])CC([O-])(CC(=O)[O-])C(=O)[O-].[Cu+2].[Zn+2]. The maximum Gasteiger partial charge on any atom is 2.00 e. The van der Waals surface area contributed by atoms with Crippen LogP contribution in [-0.4, -0.2) is 23.5 Å². The van der Waals surface area contributed by atoms with Crippen molar-refractivity contribution in [1.82, 2.24) is 0 Å². The Morgan fingerprint density at radius 1 is 0.933 bits per heavy atom. The Bertz CT molecular complexity index is 238. The standard InChI is InChI=1S/C6H7O7.Cu.Zn/c7-3(8)1-6(13,5(11)12)2-4(9)10;;/h1-2H2,(H,7,8)(H,9,10)(H,11,12);;/q-1;2*+2/p-3. The second-order valence-electron chi connectivity index (χ2n) is 2.38. The minimum Gasteiger partial charge on any atom is -0.845 e. The minimum absolute atomic E-state index is 0. The Hall–Kier alpha value is -0.487. The van der Waals surface area contributed by atoms with Crippen molar-refractivity contribution >= 4 is 17.9 Å². The first-order chi connectivity index (χ1) is 5.78. The van der Waals surface area contributed by atoms with Crippen LogP contribution in [0.3, 0.4) is 0 Å². The van der Waals surface area contributed by atoms with E-state index in [1.807, 2.05) is 0 Å². The maximum atomic E-state index is 10.9. The van der Waals surface area contributed by atoms with E-state index in [-0.39, 0.29) is 36.5 Å². The van der Waals surface area contributed by atoms with Crippen molar-refractivity contribution < 1.29 is 71.4 Å². The van der Waals surface area contributed by atoms with Gasteiger partial charge in [0.2, 0.25) is 0 Å².